The highest BCUT2D eigenvalue weighted by Crippen LogP contribution is 2.62. The summed E-state index contributed by atoms with van der Waals surface area (Å²) in [6, 6.07) is 4.19. The average Bonchev–Trinajstić information content (AvgIpc) is 3.11. The van der Waals surface area contributed by atoms with Crippen molar-refractivity contribution < 1.29 is 4.79 Å². The van der Waals surface area contributed by atoms with Gasteiger partial charge in [-0.2, -0.15) is 0 Å². The number of hydrogen-bond donors (Lipinski definition) is 1. The van der Waals surface area contributed by atoms with E-state index in [1.807, 2.05) is 13.0 Å². The van der Waals surface area contributed by atoms with Crippen molar-refractivity contribution in [2.24, 2.45) is 11.3 Å². The molecule has 0 unspecified atom stereocenters. The van der Waals surface area contributed by atoms with Crippen molar-refractivity contribution in [1.82, 2.24) is 15.4 Å². The zero-order valence-electron chi connectivity index (χ0n) is 11.4. The SMILES string of the molecule is CC1=C2c3ccc4[nH]nnc4c3C[C@@]23CC[C@H](C3)C1=O. The van der Waals surface area contributed by atoms with E-state index in [9.17, 15) is 4.79 Å². The van der Waals surface area contributed by atoms with Crippen LogP contribution in [0.5, 0.6) is 0 Å². The largest absolute Gasteiger partial charge is 0.294 e. The van der Waals surface area contributed by atoms with Crippen molar-refractivity contribution in [3.05, 3.63) is 28.8 Å². The van der Waals surface area contributed by atoms with Gasteiger partial charge in [0.05, 0.1) is 5.52 Å². The first-order valence-corrected chi connectivity index (χ1v) is 7.28. The Hall–Kier alpha value is -1.97. The van der Waals surface area contributed by atoms with Gasteiger partial charge in [-0.25, -0.2) is 0 Å². The Morgan fingerprint density at radius 2 is 2.30 bits per heavy atom. The molecule has 0 radical (unpaired) electrons. The van der Waals surface area contributed by atoms with E-state index in [-0.39, 0.29) is 11.3 Å². The van der Waals surface area contributed by atoms with Gasteiger partial charge in [0.1, 0.15) is 5.52 Å². The van der Waals surface area contributed by atoms with Crippen LogP contribution in [0.15, 0.2) is 17.7 Å². The predicted octanol–water partition coefficient (Wildman–Crippen LogP) is 2.66. The van der Waals surface area contributed by atoms with Gasteiger partial charge in [0, 0.05) is 11.3 Å². The summed E-state index contributed by atoms with van der Waals surface area (Å²) in [5, 5.41) is 11.1. The van der Waals surface area contributed by atoms with Crippen LogP contribution in [0.1, 0.15) is 37.3 Å². The number of ketones is 1. The first-order valence-electron chi connectivity index (χ1n) is 7.28. The Balaban J connectivity index is 1.88. The van der Waals surface area contributed by atoms with Crippen LogP contribution in [-0.4, -0.2) is 21.2 Å². The van der Waals surface area contributed by atoms with E-state index in [1.54, 1.807) is 0 Å². The number of nitrogens with one attached hydrogen (secondary N) is 1. The third-order valence-electron chi connectivity index (χ3n) is 5.64. The minimum Gasteiger partial charge on any atom is -0.294 e. The number of rotatable bonds is 0. The number of carbonyl (C=O) groups excluding carboxylic acids is 1. The lowest BCUT2D eigenvalue weighted by Crippen LogP contribution is -2.26. The van der Waals surface area contributed by atoms with E-state index < -0.39 is 0 Å². The number of Topliss-reactive ketones (excluding diaryl/α,β-unsaturated/α-hetero) is 1. The summed E-state index contributed by atoms with van der Waals surface area (Å²) in [6.45, 7) is 2.02. The van der Waals surface area contributed by atoms with E-state index in [0.717, 1.165) is 42.3 Å². The van der Waals surface area contributed by atoms with E-state index in [0.29, 0.717) is 5.78 Å². The molecule has 1 aromatic heterocycles. The second-order valence-corrected chi connectivity index (χ2v) is 6.56. The molecule has 1 fully saturated rings. The molecular weight excluding hydrogens is 250 g/mol. The number of aromatic nitrogens is 3. The highest BCUT2D eigenvalue weighted by molar-refractivity contribution is 6.09. The number of allylic oxidation sites excluding steroid dienone is 2. The number of fused-ring (bicyclic) bond motifs is 5. The predicted molar refractivity (Wildman–Crippen MR) is 75.0 cm³/mol. The van der Waals surface area contributed by atoms with Crippen molar-refractivity contribution in [2.75, 3.05) is 0 Å². The van der Waals surface area contributed by atoms with E-state index in [4.69, 9.17) is 0 Å². The zero-order valence-corrected chi connectivity index (χ0v) is 11.4. The van der Waals surface area contributed by atoms with Crippen LogP contribution in [0.25, 0.3) is 16.6 Å². The van der Waals surface area contributed by atoms with E-state index in [2.05, 4.69) is 21.5 Å². The minimum absolute atomic E-state index is 0.207. The van der Waals surface area contributed by atoms with Gasteiger partial charge in [-0.05, 0) is 60.9 Å². The Bertz CT molecular complexity index is 816. The molecular formula is C16H15N3O. The topological polar surface area (TPSA) is 58.6 Å². The molecule has 5 rings (SSSR count). The highest BCUT2D eigenvalue weighted by Gasteiger charge is 2.53. The Morgan fingerprint density at radius 1 is 1.40 bits per heavy atom. The van der Waals surface area contributed by atoms with Crippen LogP contribution in [-0.2, 0) is 11.2 Å². The first kappa shape index (κ1) is 10.8. The highest BCUT2D eigenvalue weighted by atomic mass is 16.1. The fraction of sp³-hybridized carbons (Fsp3) is 0.438. The standard InChI is InChI=1S/C16H15N3O/c1-8-13-10-2-3-12-14(18-19-17-12)11(10)7-16(13)5-4-9(6-16)15(8)20/h2-3,9H,4-7H2,1H3,(H,17,18,19)/t9-,16+/m1/s1. The number of aromatic amines is 1. The molecule has 2 atom stereocenters. The fourth-order valence-electron chi connectivity index (χ4n) is 4.86. The molecule has 2 aromatic rings. The molecule has 1 heterocycles. The molecule has 2 bridgehead atoms. The van der Waals surface area contributed by atoms with Crippen molar-refractivity contribution >= 4 is 22.4 Å². The van der Waals surface area contributed by atoms with Crippen LogP contribution in [0.3, 0.4) is 0 Å². The van der Waals surface area contributed by atoms with Crippen molar-refractivity contribution in [3.8, 4) is 0 Å². The lowest BCUT2D eigenvalue weighted by molar-refractivity contribution is -0.119. The Morgan fingerprint density at radius 3 is 3.20 bits per heavy atom. The Labute approximate surface area is 116 Å². The number of H-pyrrole nitrogens is 1. The van der Waals surface area contributed by atoms with Crippen molar-refractivity contribution in [2.45, 2.75) is 32.6 Å². The third kappa shape index (κ3) is 1.04. The molecule has 100 valence electrons. The molecule has 0 amide bonds. The summed E-state index contributed by atoms with van der Waals surface area (Å²) in [4.78, 5) is 12.5. The quantitative estimate of drug-likeness (QED) is 0.796. The lowest BCUT2D eigenvalue weighted by atomic mass is 9.71. The van der Waals surface area contributed by atoms with Gasteiger partial charge in [0.2, 0.25) is 0 Å². The third-order valence-corrected chi connectivity index (χ3v) is 5.64. The molecule has 1 N–H and O–H groups in total. The number of benzene rings is 1. The zero-order chi connectivity index (χ0) is 13.5. The molecule has 4 nitrogen and oxygen atoms in total. The molecule has 3 aliphatic rings. The summed E-state index contributed by atoms with van der Waals surface area (Å²) in [5.74, 6) is 0.641. The van der Waals surface area contributed by atoms with Crippen molar-refractivity contribution in [3.63, 3.8) is 0 Å². The van der Waals surface area contributed by atoms with Gasteiger partial charge in [-0.3, -0.25) is 9.89 Å². The summed E-state index contributed by atoms with van der Waals surface area (Å²) >= 11 is 0. The maximum absolute atomic E-state index is 12.5. The maximum atomic E-state index is 12.5. The van der Waals surface area contributed by atoms with E-state index in [1.165, 1.54) is 16.7 Å². The molecule has 20 heavy (non-hydrogen) atoms. The van der Waals surface area contributed by atoms with Crippen LogP contribution in [0, 0.1) is 11.3 Å². The number of nitrogens with zero attached hydrogens (tertiary/aromatic N) is 2. The van der Waals surface area contributed by atoms with Gasteiger partial charge >= 0.3 is 0 Å². The van der Waals surface area contributed by atoms with Crippen LogP contribution in [0.2, 0.25) is 0 Å². The molecule has 0 saturated heterocycles. The van der Waals surface area contributed by atoms with Crippen LogP contribution in [0.4, 0.5) is 0 Å². The maximum Gasteiger partial charge on any atom is 0.161 e. The average molecular weight is 265 g/mol. The van der Waals surface area contributed by atoms with E-state index >= 15 is 0 Å². The first-order chi connectivity index (χ1) is 9.70. The summed E-state index contributed by atoms with van der Waals surface area (Å²) < 4.78 is 0. The minimum atomic E-state index is 0.207. The van der Waals surface area contributed by atoms with Crippen LogP contribution >= 0.6 is 0 Å². The second-order valence-electron chi connectivity index (χ2n) is 6.56. The van der Waals surface area contributed by atoms with Gasteiger partial charge in [-0.1, -0.05) is 11.3 Å². The summed E-state index contributed by atoms with van der Waals surface area (Å²) in [7, 11) is 0. The van der Waals surface area contributed by atoms with Gasteiger partial charge in [0.25, 0.3) is 0 Å². The molecule has 4 heteroatoms. The summed E-state index contributed by atoms with van der Waals surface area (Å²) in [5.41, 5.74) is 7.05. The fourth-order valence-corrected chi connectivity index (χ4v) is 4.86. The normalized spacial score (nSPS) is 31.1. The lowest BCUT2D eigenvalue weighted by Gasteiger charge is -2.31. The molecule has 1 spiro atoms. The molecule has 0 aliphatic heterocycles. The number of carbonyl (C=O) groups is 1. The molecule has 3 aliphatic carbocycles. The van der Waals surface area contributed by atoms with Gasteiger partial charge in [-0.15, -0.1) is 5.10 Å². The summed E-state index contributed by atoms with van der Waals surface area (Å²) in [6.07, 6.45) is 4.26. The smallest absolute Gasteiger partial charge is 0.161 e. The van der Waals surface area contributed by atoms with Gasteiger partial charge in [0.15, 0.2) is 5.78 Å². The van der Waals surface area contributed by atoms with Crippen molar-refractivity contribution in [1.29, 1.82) is 0 Å². The molecule has 1 saturated carbocycles. The second kappa shape index (κ2) is 3.19. The number of hydrogen-bond acceptors (Lipinski definition) is 3. The molecule has 1 aromatic carbocycles. The Kier molecular flexibility index (Phi) is 1.72. The van der Waals surface area contributed by atoms with Crippen LogP contribution < -0.4 is 0 Å². The monoisotopic (exact) mass is 265 g/mol. The van der Waals surface area contributed by atoms with Gasteiger partial charge < -0.3 is 0 Å².